The number of carbonyl (C=O) groups excluding carboxylic acids is 1. The highest BCUT2D eigenvalue weighted by molar-refractivity contribution is 6.08. The van der Waals surface area contributed by atoms with Gasteiger partial charge in [-0.25, -0.2) is 0 Å². The van der Waals surface area contributed by atoms with Gasteiger partial charge in [0, 0.05) is 33.8 Å². The van der Waals surface area contributed by atoms with E-state index in [1.54, 1.807) is 0 Å². The molecule has 1 aromatic heterocycles. The SMILES string of the molecule is O=C1COc2cc3c(cc2C1)[nH]c1ccccc13. The molecule has 3 nitrogen and oxygen atoms in total. The Bertz CT molecular complexity index is 786. The third kappa shape index (κ3) is 1.27. The highest BCUT2D eigenvalue weighted by Crippen LogP contribution is 2.33. The van der Waals surface area contributed by atoms with Crippen LogP contribution in [-0.4, -0.2) is 17.4 Å². The van der Waals surface area contributed by atoms with Gasteiger partial charge >= 0.3 is 0 Å². The molecule has 0 saturated carbocycles. The standard InChI is InChI=1S/C15H11NO2/c17-10-5-9-6-14-12(7-15(9)18-8-10)11-3-1-2-4-13(11)16-14/h1-4,6-7,16H,5,8H2. The summed E-state index contributed by atoms with van der Waals surface area (Å²) in [7, 11) is 0. The molecule has 88 valence electrons. The van der Waals surface area contributed by atoms with Crippen LogP contribution >= 0.6 is 0 Å². The number of hydrogen-bond acceptors (Lipinski definition) is 2. The number of aromatic amines is 1. The van der Waals surface area contributed by atoms with Crippen LogP contribution in [0.1, 0.15) is 5.56 Å². The lowest BCUT2D eigenvalue weighted by Gasteiger charge is -2.16. The van der Waals surface area contributed by atoms with Crippen molar-refractivity contribution in [3.05, 3.63) is 42.0 Å². The molecule has 0 bridgehead atoms. The van der Waals surface area contributed by atoms with Crippen LogP contribution in [0.4, 0.5) is 0 Å². The summed E-state index contributed by atoms with van der Waals surface area (Å²) in [5.74, 6) is 0.977. The van der Waals surface area contributed by atoms with Gasteiger partial charge in [0.15, 0.2) is 5.78 Å². The van der Waals surface area contributed by atoms with E-state index in [0.717, 1.165) is 27.7 Å². The Balaban J connectivity index is 2.07. The van der Waals surface area contributed by atoms with Crippen molar-refractivity contribution in [2.45, 2.75) is 6.42 Å². The second kappa shape index (κ2) is 3.35. The quantitative estimate of drug-likeness (QED) is 0.653. The van der Waals surface area contributed by atoms with Crippen molar-refractivity contribution in [1.29, 1.82) is 0 Å². The predicted octanol–water partition coefficient (Wildman–Crippen LogP) is 2.83. The topological polar surface area (TPSA) is 42.1 Å². The number of aromatic nitrogens is 1. The Morgan fingerprint density at radius 3 is 2.89 bits per heavy atom. The summed E-state index contributed by atoms with van der Waals surface area (Å²) in [6.07, 6.45) is 0.473. The summed E-state index contributed by atoms with van der Waals surface area (Å²) in [5.41, 5.74) is 3.15. The number of nitrogens with one attached hydrogen (secondary N) is 1. The van der Waals surface area contributed by atoms with E-state index in [0.29, 0.717) is 6.42 Å². The summed E-state index contributed by atoms with van der Waals surface area (Å²) in [5, 5.41) is 2.34. The number of ether oxygens (including phenoxy) is 1. The minimum absolute atomic E-state index is 0.137. The molecule has 0 spiro atoms. The molecule has 3 heteroatoms. The molecular formula is C15H11NO2. The van der Waals surface area contributed by atoms with Crippen molar-refractivity contribution in [3.8, 4) is 5.75 Å². The van der Waals surface area contributed by atoms with Gasteiger partial charge in [-0.3, -0.25) is 4.79 Å². The van der Waals surface area contributed by atoms with Crippen LogP contribution < -0.4 is 4.74 Å². The Morgan fingerprint density at radius 1 is 1.06 bits per heavy atom. The zero-order valence-electron chi connectivity index (χ0n) is 9.69. The molecule has 2 heterocycles. The molecule has 18 heavy (non-hydrogen) atoms. The molecule has 0 unspecified atom stereocenters. The van der Waals surface area contributed by atoms with Gasteiger partial charge in [-0.15, -0.1) is 0 Å². The summed E-state index contributed by atoms with van der Waals surface area (Å²) < 4.78 is 5.50. The second-order valence-corrected chi connectivity index (χ2v) is 4.68. The predicted molar refractivity (Wildman–Crippen MR) is 70.0 cm³/mol. The minimum atomic E-state index is 0.137. The molecule has 3 aromatic rings. The first-order valence-electron chi connectivity index (χ1n) is 5.99. The minimum Gasteiger partial charge on any atom is -0.486 e. The first-order chi connectivity index (χ1) is 8.81. The van der Waals surface area contributed by atoms with Crippen LogP contribution in [0.3, 0.4) is 0 Å². The van der Waals surface area contributed by atoms with Crippen LogP contribution in [0.25, 0.3) is 21.8 Å². The molecule has 4 rings (SSSR count). The number of ketones is 1. The van der Waals surface area contributed by atoms with Crippen molar-refractivity contribution in [1.82, 2.24) is 4.98 Å². The van der Waals surface area contributed by atoms with Crippen LogP contribution in [0.5, 0.6) is 5.75 Å². The zero-order valence-corrected chi connectivity index (χ0v) is 9.69. The fourth-order valence-electron chi connectivity index (χ4n) is 2.62. The van der Waals surface area contributed by atoms with E-state index in [4.69, 9.17) is 4.74 Å². The molecule has 0 saturated heterocycles. The largest absolute Gasteiger partial charge is 0.486 e. The van der Waals surface area contributed by atoms with E-state index in [9.17, 15) is 4.79 Å². The van der Waals surface area contributed by atoms with Gasteiger partial charge in [0.25, 0.3) is 0 Å². The Labute approximate surface area is 103 Å². The van der Waals surface area contributed by atoms with E-state index in [-0.39, 0.29) is 12.4 Å². The highest BCUT2D eigenvalue weighted by Gasteiger charge is 2.18. The molecule has 1 aliphatic heterocycles. The number of Topliss-reactive ketones (excluding diaryl/α,β-unsaturated/α-hetero) is 1. The number of para-hydroxylation sites is 1. The number of benzene rings is 2. The average molecular weight is 237 g/mol. The maximum absolute atomic E-state index is 11.4. The third-order valence-corrected chi connectivity index (χ3v) is 3.46. The van der Waals surface area contributed by atoms with Crippen LogP contribution in [-0.2, 0) is 11.2 Å². The summed E-state index contributed by atoms with van der Waals surface area (Å²) >= 11 is 0. The van der Waals surface area contributed by atoms with Crippen molar-refractivity contribution in [3.63, 3.8) is 0 Å². The summed E-state index contributed by atoms with van der Waals surface area (Å²) in [6.45, 7) is 0.195. The van der Waals surface area contributed by atoms with Gasteiger partial charge in [-0.05, 0) is 18.2 Å². The molecule has 0 aliphatic carbocycles. The van der Waals surface area contributed by atoms with Crippen molar-refractivity contribution in [2.24, 2.45) is 0 Å². The number of fused-ring (bicyclic) bond motifs is 4. The van der Waals surface area contributed by atoms with Gasteiger partial charge in [0.2, 0.25) is 0 Å². The number of H-pyrrole nitrogens is 1. The van der Waals surface area contributed by atoms with Gasteiger partial charge in [-0.1, -0.05) is 18.2 Å². The van der Waals surface area contributed by atoms with E-state index in [1.165, 1.54) is 5.39 Å². The molecule has 1 N–H and O–H groups in total. The Kier molecular flexibility index (Phi) is 1.81. The second-order valence-electron chi connectivity index (χ2n) is 4.68. The van der Waals surface area contributed by atoms with Crippen molar-refractivity contribution in [2.75, 3.05) is 6.61 Å². The fourth-order valence-corrected chi connectivity index (χ4v) is 2.62. The molecule has 0 fully saturated rings. The van der Waals surface area contributed by atoms with Gasteiger partial charge in [0.05, 0.1) is 0 Å². The zero-order chi connectivity index (χ0) is 12.1. The monoisotopic (exact) mass is 237 g/mol. The lowest BCUT2D eigenvalue weighted by molar-refractivity contribution is -0.121. The average Bonchev–Trinajstić information content (AvgIpc) is 2.73. The molecule has 0 amide bonds. The van der Waals surface area contributed by atoms with E-state index < -0.39 is 0 Å². The number of hydrogen-bond donors (Lipinski definition) is 1. The van der Waals surface area contributed by atoms with Gasteiger partial charge in [0.1, 0.15) is 12.4 Å². The molecular weight excluding hydrogens is 226 g/mol. The van der Waals surface area contributed by atoms with Crippen molar-refractivity contribution < 1.29 is 9.53 Å². The molecule has 2 aromatic carbocycles. The number of rotatable bonds is 0. The molecule has 0 atom stereocenters. The van der Waals surface area contributed by atoms with Crippen LogP contribution in [0.15, 0.2) is 36.4 Å². The van der Waals surface area contributed by atoms with Crippen LogP contribution in [0, 0.1) is 0 Å². The lowest BCUT2D eigenvalue weighted by Crippen LogP contribution is -2.19. The van der Waals surface area contributed by atoms with Gasteiger partial charge < -0.3 is 9.72 Å². The van der Waals surface area contributed by atoms with Crippen molar-refractivity contribution >= 4 is 27.6 Å². The van der Waals surface area contributed by atoms with E-state index in [1.807, 2.05) is 24.3 Å². The maximum Gasteiger partial charge on any atom is 0.174 e. The first kappa shape index (κ1) is 9.71. The summed E-state index contributed by atoms with van der Waals surface area (Å²) in [4.78, 5) is 14.8. The summed E-state index contributed by atoms with van der Waals surface area (Å²) in [6, 6.07) is 12.3. The Hall–Kier alpha value is -2.29. The molecule has 0 radical (unpaired) electrons. The van der Waals surface area contributed by atoms with E-state index in [2.05, 4.69) is 17.1 Å². The van der Waals surface area contributed by atoms with Crippen LogP contribution in [0.2, 0.25) is 0 Å². The normalized spacial score (nSPS) is 14.8. The third-order valence-electron chi connectivity index (χ3n) is 3.46. The number of carbonyl (C=O) groups is 1. The smallest absolute Gasteiger partial charge is 0.174 e. The molecule has 1 aliphatic rings. The maximum atomic E-state index is 11.4. The first-order valence-corrected chi connectivity index (χ1v) is 5.99. The fraction of sp³-hybridized carbons (Fsp3) is 0.133. The lowest BCUT2D eigenvalue weighted by atomic mass is 10.0. The van der Waals surface area contributed by atoms with Gasteiger partial charge in [-0.2, -0.15) is 0 Å². The Morgan fingerprint density at radius 2 is 1.94 bits per heavy atom. The van der Waals surface area contributed by atoms with E-state index >= 15 is 0 Å². The highest BCUT2D eigenvalue weighted by atomic mass is 16.5.